The fourth-order valence-electron chi connectivity index (χ4n) is 4.73. The van der Waals surface area contributed by atoms with Crippen LogP contribution in [0.2, 0.25) is 0 Å². The van der Waals surface area contributed by atoms with Crippen LogP contribution in [0.3, 0.4) is 0 Å². The molecule has 0 aliphatic heterocycles. The first-order chi connectivity index (χ1) is 16.2. The molecule has 1 aliphatic carbocycles. The van der Waals surface area contributed by atoms with Gasteiger partial charge in [0.25, 0.3) is 0 Å². The minimum Gasteiger partial charge on any atom is -0.493 e. The van der Waals surface area contributed by atoms with Crippen LogP contribution < -0.4 is 9.47 Å². The number of hydrogen-bond acceptors (Lipinski definition) is 2. The highest BCUT2D eigenvalue weighted by Crippen LogP contribution is 2.48. The lowest BCUT2D eigenvalue weighted by Crippen LogP contribution is -2.10. The number of allylic oxidation sites excluding steroid dienone is 1. The normalized spacial score (nSPS) is 14.6. The average molecular weight is 437 g/mol. The molecule has 0 fully saturated rings. The van der Waals surface area contributed by atoms with Gasteiger partial charge in [0.15, 0.2) is 11.5 Å². The Morgan fingerprint density at radius 1 is 0.758 bits per heavy atom. The zero-order valence-electron chi connectivity index (χ0n) is 18.7. The summed E-state index contributed by atoms with van der Waals surface area (Å²) >= 11 is 0. The topological polar surface area (TPSA) is 18.5 Å². The van der Waals surface area contributed by atoms with Gasteiger partial charge in [-0.25, -0.2) is 4.39 Å². The van der Waals surface area contributed by atoms with Crippen molar-refractivity contribution in [2.24, 2.45) is 0 Å². The molecule has 33 heavy (non-hydrogen) atoms. The first kappa shape index (κ1) is 21.0. The van der Waals surface area contributed by atoms with Crippen molar-refractivity contribution >= 4 is 6.08 Å². The maximum Gasteiger partial charge on any atom is 0.168 e. The van der Waals surface area contributed by atoms with Gasteiger partial charge in [-0.1, -0.05) is 78.9 Å². The van der Waals surface area contributed by atoms with Crippen LogP contribution in [0.25, 0.3) is 28.3 Å². The summed E-state index contributed by atoms with van der Waals surface area (Å²) in [4.78, 5) is 0. The average Bonchev–Trinajstić information content (AvgIpc) is 2.88. The Bertz CT molecular complexity index is 1290. The smallest absolute Gasteiger partial charge is 0.168 e. The second kappa shape index (κ2) is 8.95. The summed E-state index contributed by atoms with van der Waals surface area (Å²) in [6.45, 7) is 0. The number of ether oxygens (including phenoxy) is 2. The molecule has 0 heterocycles. The van der Waals surface area contributed by atoms with Crippen LogP contribution in [0.1, 0.15) is 29.0 Å². The third-order valence-corrected chi connectivity index (χ3v) is 6.33. The van der Waals surface area contributed by atoms with E-state index in [2.05, 4.69) is 54.6 Å². The number of methoxy groups -OCH3 is 2. The molecule has 4 aromatic rings. The third-order valence-electron chi connectivity index (χ3n) is 6.33. The lowest BCUT2D eigenvalue weighted by atomic mass is 9.77. The lowest BCUT2D eigenvalue weighted by molar-refractivity contribution is 0.353. The first-order valence-electron chi connectivity index (χ1n) is 11.1. The largest absolute Gasteiger partial charge is 0.493 e. The summed E-state index contributed by atoms with van der Waals surface area (Å²) in [5.41, 5.74) is 7.83. The van der Waals surface area contributed by atoms with Crippen molar-refractivity contribution in [3.05, 3.63) is 114 Å². The number of halogens is 1. The molecule has 0 unspecified atom stereocenters. The van der Waals surface area contributed by atoms with E-state index in [1.807, 2.05) is 30.3 Å². The summed E-state index contributed by atoms with van der Waals surface area (Å²) < 4.78 is 25.1. The van der Waals surface area contributed by atoms with Crippen LogP contribution in [0.4, 0.5) is 4.39 Å². The van der Waals surface area contributed by atoms with E-state index in [1.54, 1.807) is 14.2 Å². The molecule has 0 radical (unpaired) electrons. The molecule has 4 aromatic carbocycles. The molecule has 0 amide bonds. The SMILES string of the molecule is COc1cc(-c2ccc(-c3ccccc3)cc2)c2c(c1OC)C=CC[C@H]2c1ccc(F)cc1. The molecule has 0 bridgehead atoms. The van der Waals surface area contributed by atoms with Crippen LogP contribution in [0, 0.1) is 5.82 Å². The quantitative estimate of drug-likeness (QED) is 0.319. The maximum absolute atomic E-state index is 13.6. The summed E-state index contributed by atoms with van der Waals surface area (Å²) in [7, 11) is 3.33. The van der Waals surface area contributed by atoms with Crippen LogP contribution in [-0.2, 0) is 0 Å². The molecule has 2 nitrogen and oxygen atoms in total. The van der Waals surface area contributed by atoms with Gasteiger partial charge in [0.2, 0.25) is 0 Å². The van der Waals surface area contributed by atoms with Gasteiger partial charge >= 0.3 is 0 Å². The Balaban J connectivity index is 1.69. The fraction of sp³-hybridized carbons (Fsp3) is 0.133. The van der Waals surface area contributed by atoms with E-state index in [4.69, 9.17) is 9.47 Å². The molecule has 1 aliphatic rings. The van der Waals surface area contributed by atoms with E-state index in [-0.39, 0.29) is 11.7 Å². The van der Waals surface area contributed by atoms with Gasteiger partial charge in [0.05, 0.1) is 14.2 Å². The van der Waals surface area contributed by atoms with Gasteiger partial charge in [-0.15, -0.1) is 0 Å². The highest BCUT2D eigenvalue weighted by atomic mass is 19.1. The molecule has 0 aromatic heterocycles. The van der Waals surface area contributed by atoms with Gasteiger partial charge in [0.1, 0.15) is 5.82 Å². The molecule has 1 atom stereocenters. The van der Waals surface area contributed by atoms with Crippen molar-refractivity contribution < 1.29 is 13.9 Å². The highest BCUT2D eigenvalue weighted by Gasteiger charge is 2.28. The lowest BCUT2D eigenvalue weighted by Gasteiger charge is -2.28. The van der Waals surface area contributed by atoms with E-state index >= 15 is 0 Å². The molecular weight excluding hydrogens is 411 g/mol. The molecule has 5 rings (SSSR count). The first-order valence-corrected chi connectivity index (χ1v) is 11.1. The Labute approximate surface area is 193 Å². The Morgan fingerprint density at radius 3 is 2.09 bits per heavy atom. The summed E-state index contributed by atoms with van der Waals surface area (Å²) in [6, 6.07) is 27.8. The third kappa shape index (κ3) is 3.91. The van der Waals surface area contributed by atoms with E-state index in [9.17, 15) is 4.39 Å². The number of rotatable bonds is 5. The molecule has 164 valence electrons. The molecule has 0 spiro atoms. The van der Waals surface area contributed by atoms with Gasteiger partial charge < -0.3 is 9.47 Å². The van der Waals surface area contributed by atoms with Crippen molar-refractivity contribution in [2.45, 2.75) is 12.3 Å². The summed E-state index contributed by atoms with van der Waals surface area (Å²) in [6.07, 6.45) is 5.10. The predicted molar refractivity (Wildman–Crippen MR) is 132 cm³/mol. The molecule has 0 N–H and O–H groups in total. The van der Waals surface area contributed by atoms with Crippen molar-refractivity contribution in [2.75, 3.05) is 14.2 Å². The second-order valence-corrected chi connectivity index (χ2v) is 8.17. The summed E-state index contributed by atoms with van der Waals surface area (Å²) in [5, 5.41) is 0. The Morgan fingerprint density at radius 2 is 1.42 bits per heavy atom. The number of benzene rings is 4. The van der Waals surface area contributed by atoms with Gasteiger partial charge in [-0.2, -0.15) is 0 Å². The maximum atomic E-state index is 13.6. The zero-order valence-corrected chi connectivity index (χ0v) is 18.7. The molecule has 0 saturated heterocycles. The van der Waals surface area contributed by atoms with Crippen LogP contribution in [-0.4, -0.2) is 14.2 Å². The van der Waals surface area contributed by atoms with Crippen LogP contribution >= 0.6 is 0 Å². The highest BCUT2D eigenvalue weighted by molar-refractivity contribution is 5.82. The molecule has 0 saturated carbocycles. The van der Waals surface area contributed by atoms with Crippen molar-refractivity contribution in [1.29, 1.82) is 0 Å². The van der Waals surface area contributed by atoms with E-state index in [1.165, 1.54) is 28.8 Å². The number of hydrogen-bond donors (Lipinski definition) is 0. The van der Waals surface area contributed by atoms with Crippen LogP contribution in [0.5, 0.6) is 11.5 Å². The summed E-state index contributed by atoms with van der Waals surface area (Å²) in [5.74, 6) is 1.28. The Kier molecular flexibility index (Phi) is 5.70. The Hall–Kier alpha value is -3.85. The zero-order chi connectivity index (χ0) is 22.8. The number of fused-ring (bicyclic) bond motifs is 1. The molecule has 3 heteroatoms. The monoisotopic (exact) mass is 436 g/mol. The van der Waals surface area contributed by atoms with Gasteiger partial charge in [0, 0.05) is 11.5 Å². The minimum absolute atomic E-state index is 0.0919. The van der Waals surface area contributed by atoms with Crippen molar-refractivity contribution in [3.63, 3.8) is 0 Å². The molecular formula is C30H25FO2. The van der Waals surface area contributed by atoms with Crippen LogP contribution in [0.15, 0.2) is 91.0 Å². The van der Waals surface area contributed by atoms with Crippen molar-refractivity contribution in [1.82, 2.24) is 0 Å². The minimum atomic E-state index is -0.227. The van der Waals surface area contributed by atoms with Gasteiger partial charge in [-0.05, 0) is 58.0 Å². The van der Waals surface area contributed by atoms with Crippen molar-refractivity contribution in [3.8, 4) is 33.8 Å². The fourth-order valence-corrected chi connectivity index (χ4v) is 4.73. The van der Waals surface area contributed by atoms with Gasteiger partial charge in [-0.3, -0.25) is 0 Å². The van der Waals surface area contributed by atoms with E-state index in [0.29, 0.717) is 5.75 Å². The second-order valence-electron chi connectivity index (χ2n) is 8.17. The predicted octanol–water partition coefficient (Wildman–Crippen LogP) is 7.73. The standard InChI is InChI=1S/C30H25FO2/c1-32-28-19-27(23-13-11-21(12-14-23)20-7-4-3-5-8-20)29-25(22-15-17-24(31)18-16-22)9-6-10-26(29)30(28)33-2/h3-8,10-19,25H,9H2,1-2H3/t25-/m0/s1. The van der Waals surface area contributed by atoms with E-state index < -0.39 is 0 Å². The van der Waals surface area contributed by atoms with E-state index in [0.717, 1.165) is 34.4 Å².